The number of benzene rings is 1. The van der Waals surface area contributed by atoms with Crippen molar-refractivity contribution in [3.63, 3.8) is 0 Å². The van der Waals surface area contributed by atoms with Crippen LogP contribution >= 0.6 is 11.3 Å². The standard InChI is InChI=1S/C20H22N2O3S/c1-14-20(24)22(15-6-2-3-8-17(15)25-14)12-10-19(23)21-11-4-7-16(21)18-9-5-13-26-18/h2-3,5-6,8-9,13-14,16H,4,7,10-12H2,1H3. The van der Waals surface area contributed by atoms with Crippen LogP contribution in [0.15, 0.2) is 41.8 Å². The molecule has 2 amide bonds. The summed E-state index contributed by atoms with van der Waals surface area (Å²) in [4.78, 5) is 30.3. The van der Waals surface area contributed by atoms with Gasteiger partial charge in [0.1, 0.15) is 5.75 Å². The molecule has 2 atom stereocenters. The number of anilines is 1. The Labute approximate surface area is 157 Å². The number of nitrogens with zero attached hydrogens (tertiary/aromatic N) is 2. The average molecular weight is 370 g/mol. The van der Waals surface area contributed by atoms with E-state index in [1.165, 1.54) is 4.88 Å². The molecule has 26 heavy (non-hydrogen) atoms. The summed E-state index contributed by atoms with van der Waals surface area (Å²) in [5, 5.41) is 2.06. The number of rotatable bonds is 4. The van der Waals surface area contributed by atoms with Crippen molar-refractivity contribution >= 4 is 28.8 Å². The van der Waals surface area contributed by atoms with E-state index < -0.39 is 6.10 Å². The topological polar surface area (TPSA) is 49.9 Å². The van der Waals surface area contributed by atoms with Gasteiger partial charge >= 0.3 is 0 Å². The summed E-state index contributed by atoms with van der Waals surface area (Å²) in [6.45, 7) is 2.93. The second kappa shape index (κ2) is 7.11. The zero-order valence-electron chi connectivity index (χ0n) is 14.8. The van der Waals surface area contributed by atoms with Gasteiger partial charge in [-0.25, -0.2) is 0 Å². The van der Waals surface area contributed by atoms with Crippen molar-refractivity contribution < 1.29 is 14.3 Å². The van der Waals surface area contributed by atoms with Crippen molar-refractivity contribution in [3.8, 4) is 5.75 Å². The molecule has 0 saturated carbocycles. The number of para-hydroxylation sites is 2. The smallest absolute Gasteiger partial charge is 0.267 e. The highest BCUT2D eigenvalue weighted by Crippen LogP contribution is 2.36. The Morgan fingerprint density at radius 1 is 1.27 bits per heavy atom. The second-order valence-electron chi connectivity index (χ2n) is 6.73. The molecule has 2 unspecified atom stereocenters. The van der Waals surface area contributed by atoms with Crippen LogP contribution in [0, 0.1) is 0 Å². The molecule has 2 aromatic rings. The minimum Gasteiger partial charge on any atom is -0.479 e. The molecule has 0 N–H and O–H groups in total. The monoisotopic (exact) mass is 370 g/mol. The number of thiophene rings is 1. The maximum absolute atomic E-state index is 12.9. The number of hydrogen-bond donors (Lipinski definition) is 0. The molecule has 1 saturated heterocycles. The molecule has 5 nitrogen and oxygen atoms in total. The van der Waals surface area contributed by atoms with Gasteiger partial charge in [0.15, 0.2) is 6.10 Å². The van der Waals surface area contributed by atoms with Crippen molar-refractivity contribution in [2.24, 2.45) is 0 Å². The van der Waals surface area contributed by atoms with Crippen LogP contribution in [-0.4, -0.2) is 35.9 Å². The second-order valence-corrected chi connectivity index (χ2v) is 7.71. The Morgan fingerprint density at radius 3 is 2.92 bits per heavy atom. The largest absolute Gasteiger partial charge is 0.479 e. The van der Waals surface area contributed by atoms with Gasteiger partial charge in [-0.3, -0.25) is 9.59 Å². The van der Waals surface area contributed by atoms with Crippen molar-refractivity contribution in [1.82, 2.24) is 4.90 Å². The Morgan fingerprint density at radius 2 is 2.12 bits per heavy atom. The molecule has 2 aliphatic rings. The zero-order valence-corrected chi connectivity index (χ0v) is 15.6. The molecule has 3 heterocycles. The van der Waals surface area contributed by atoms with Gasteiger partial charge in [-0.15, -0.1) is 11.3 Å². The fourth-order valence-corrected chi connectivity index (χ4v) is 4.66. The van der Waals surface area contributed by atoms with Gasteiger partial charge in [0.25, 0.3) is 5.91 Å². The number of amides is 2. The molecule has 1 aromatic heterocycles. The molecule has 6 heteroatoms. The van der Waals surface area contributed by atoms with E-state index in [2.05, 4.69) is 11.4 Å². The first kappa shape index (κ1) is 17.1. The van der Waals surface area contributed by atoms with E-state index in [0.29, 0.717) is 18.7 Å². The third kappa shape index (κ3) is 3.09. The van der Waals surface area contributed by atoms with Gasteiger partial charge in [0.2, 0.25) is 5.91 Å². The molecule has 1 aromatic carbocycles. The minimum atomic E-state index is -0.523. The first-order valence-electron chi connectivity index (χ1n) is 9.05. The normalized spacial score (nSPS) is 22.3. The number of fused-ring (bicyclic) bond motifs is 1. The van der Waals surface area contributed by atoms with E-state index in [0.717, 1.165) is 25.1 Å². The van der Waals surface area contributed by atoms with Gasteiger partial charge in [-0.1, -0.05) is 18.2 Å². The molecule has 1 fully saturated rings. The van der Waals surface area contributed by atoms with Gasteiger partial charge in [0.05, 0.1) is 11.7 Å². The summed E-state index contributed by atoms with van der Waals surface area (Å²) in [6.07, 6.45) is 1.85. The number of hydrogen-bond acceptors (Lipinski definition) is 4. The van der Waals surface area contributed by atoms with E-state index in [9.17, 15) is 9.59 Å². The van der Waals surface area contributed by atoms with Crippen LogP contribution in [0.3, 0.4) is 0 Å². The van der Waals surface area contributed by atoms with E-state index in [1.807, 2.05) is 35.2 Å². The number of ether oxygens (including phenoxy) is 1. The van der Waals surface area contributed by atoms with Crippen LogP contribution < -0.4 is 9.64 Å². The highest BCUT2D eigenvalue weighted by molar-refractivity contribution is 7.10. The lowest BCUT2D eigenvalue weighted by Crippen LogP contribution is -2.46. The Balaban J connectivity index is 1.47. The van der Waals surface area contributed by atoms with Crippen molar-refractivity contribution in [2.75, 3.05) is 18.0 Å². The van der Waals surface area contributed by atoms with Crippen LogP contribution in [0.2, 0.25) is 0 Å². The number of carbonyl (C=O) groups is 2. The molecule has 136 valence electrons. The number of likely N-dealkylation sites (tertiary alicyclic amines) is 1. The first-order valence-corrected chi connectivity index (χ1v) is 9.93. The fourth-order valence-electron chi connectivity index (χ4n) is 3.78. The van der Waals surface area contributed by atoms with E-state index in [-0.39, 0.29) is 17.9 Å². The molecule has 0 aliphatic carbocycles. The summed E-state index contributed by atoms with van der Waals surface area (Å²) < 4.78 is 5.66. The first-order chi connectivity index (χ1) is 12.6. The van der Waals surface area contributed by atoms with Gasteiger partial charge in [-0.2, -0.15) is 0 Å². The van der Waals surface area contributed by atoms with Crippen LogP contribution in [0.5, 0.6) is 5.75 Å². The van der Waals surface area contributed by atoms with E-state index in [4.69, 9.17) is 4.74 Å². The zero-order chi connectivity index (χ0) is 18.1. The predicted molar refractivity (Wildman–Crippen MR) is 102 cm³/mol. The van der Waals surface area contributed by atoms with Crippen molar-refractivity contribution in [2.45, 2.75) is 38.3 Å². The van der Waals surface area contributed by atoms with Crippen molar-refractivity contribution in [1.29, 1.82) is 0 Å². The Kier molecular flexibility index (Phi) is 4.68. The third-order valence-electron chi connectivity index (χ3n) is 5.07. The summed E-state index contributed by atoms with van der Waals surface area (Å²) in [5.74, 6) is 0.725. The van der Waals surface area contributed by atoms with Crippen molar-refractivity contribution in [3.05, 3.63) is 46.7 Å². The molecule has 0 bridgehead atoms. The maximum Gasteiger partial charge on any atom is 0.267 e. The fraction of sp³-hybridized carbons (Fsp3) is 0.400. The highest BCUT2D eigenvalue weighted by atomic mass is 32.1. The number of carbonyl (C=O) groups excluding carboxylic acids is 2. The maximum atomic E-state index is 12.9. The SMILES string of the molecule is CC1Oc2ccccc2N(CCC(=O)N2CCCC2c2cccs2)C1=O. The van der Waals surface area contributed by atoms with Gasteiger partial charge in [-0.05, 0) is 43.3 Å². The lowest BCUT2D eigenvalue weighted by atomic mass is 10.1. The summed E-state index contributed by atoms with van der Waals surface area (Å²) >= 11 is 1.70. The quantitative estimate of drug-likeness (QED) is 0.826. The van der Waals surface area contributed by atoms with Crippen LogP contribution in [-0.2, 0) is 9.59 Å². The van der Waals surface area contributed by atoms with Gasteiger partial charge < -0.3 is 14.5 Å². The lowest BCUT2D eigenvalue weighted by molar-refractivity contribution is -0.132. The summed E-state index contributed by atoms with van der Waals surface area (Å²) in [6, 6.07) is 11.8. The lowest BCUT2D eigenvalue weighted by Gasteiger charge is -2.33. The summed E-state index contributed by atoms with van der Waals surface area (Å²) in [7, 11) is 0. The van der Waals surface area contributed by atoms with E-state index in [1.54, 1.807) is 23.2 Å². The predicted octanol–water partition coefficient (Wildman–Crippen LogP) is 3.62. The Bertz CT molecular complexity index is 805. The van der Waals surface area contributed by atoms with Crippen LogP contribution in [0.1, 0.15) is 37.1 Å². The van der Waals surface area contributed by atoms with Crippen LogP contribution in [0.4, 0.5) is 5.69 Å². The molecule has 2 aliphatic heterocycles. The molecule has 4 rings (SSSR count). The molecular formula is C20H22N2O3S. The molecule has 0 radical (unpaired) electrons. The molecular weight excluding hydrogens is 348 g/mol. The highest BCUT2D eigenvalue weighted by Gasteiger charge is 2.34. The molecule has 0 spiro atoms. The van der Waals surface area contributed by atoms with Gasteiger partial charge in [0, 0.05) is 24.4 Å². The summed E-state index contributed by atoms with van der Waals surface area (Å²) in [5.41, 5.74) is 0.750. The average Bonchev–Trinajstić information content (AvgIpc) is 3.33. The van der Waals surface area contributed by atoms with Crippen LogP contribution in [0.25, 0.3) is 0 Å². The minimum absolute atomic E-state index is 0.0901. The third-order valence-corrected chi connectivity index (χ3v) is 6.04. The Hall–Kier alpha value is -2.34. The van der Waals surface area contributed by atoms with E-state index >= 15 is 0 Å².